The first kappa shape index (κ1) is 19.4. The maximum atomic E-state index is 12.9. The Hall–Kier alpha value is -2.38. The molecule has 1 aliphatic heterocycles. The van der Waals surface area contributed by atoms with Gasteiger partial charge in [-0.2, -0.15) is 0 Å². The van der Waals surface area contributed by atoms with Gasteiger partial charge in [0, 0.05) is 43.0 Å². The zero-order valence-electron chi connectivity index (χ0n) is 15.7. The summed E-state index contributed by atoms with van der Waals surface area (Å²) in [5.41, 5.74) is 0.472. The Morgan fingerprint density at radius 3 is 2.74 bits per heavy atom. The average molecular weight is 390 g/mol. The van der Waals surface area contributed by atoms with Gasteiger partial charge in [-0.1, -0.05) is 11.6 Å². The first-order chi connectivity index (χ1) is 13.0. The van der Waals surface area contributed by atoms with Gasteiger partial charge in [0.15, 0.2) is 0 Å². The monoisotopic (exact) mass is 389 g/mol. The number of aromatic nitrogens is 2. The molecule has 0 unspecified atom stereocenters. The van der Waals surface area contributed by atoms with E-state index >= 15 is 0 Å². The maximum absolute atomic E-state index is 12.9. The van der Waals surface area contributed by atoms with E-state index in [1.54, 1.807) is 36.7 Å². The number of carbonyl (C=O) groups excluding carboxylic acids is 1. The fourth-order valence-corrected chi connectivity index (χ4v) is 3.57. The molecule has 1 aromatic carbocycles. The van der Waals surface area contributed by atoms with E-state index in [4.69, 9.17) is 16.3 Å². The van der Waals surface area contributed by atoms with Crippen LogP contribution in [0.3, 0.4) is 0 Å². The van der Waals surface area contributed by atoms with Crippen LogP contribution in [0.5, 0.6) is 5.75 Å². The number of anilines is 1. The molecule has 7 nitrogen and oxygen atoms in total. The van der Waals surface area contributed by atoms with Crippen molar-refractivity contribution >= 4 is 23.5 Å². The third-order valence-electron chi connectivity index (χ3n) is 4.60. The molecule has 8 heteroatoms. The van der Waals surface area contributed by atoms with Crippen LogP contribution in [-0.4, -0.2) is 67.7 Å². The number of halogens is 1. The summed E-state index contributed by atoms with van der Waals surface area (Å²) in [7, 11) is 5.59. The van der Waals surface area contributed by atoms with Crippen LogP contribution in [0.2, 0.25) is 5.02 Å². The second-order valence-corrected chi connectivity index (χ2v) is 7.34. The van der Waals surface area contributed by atoms with Gasteiger partial charge in [0.05, 0.1) is 18.7 Å². The fourth-order valence-electron chi connectivity index (χ4n) is 3.41. The summed E-state index contributed by atoms with van der Waals surface area (Å²) >= 11 is 6.00. The fraction of sp³-hybridized carbons (Fsp3) is 0.421. The number of amides is 1. The van der Waals surface area contributed by atoms with Crippen molar-refractivity contribution in [1.29, 1.82) is 0 Å². The number of rotatable bonds is 6. The molecular weight excluding hydrogens is 366 g/mol. The van der Waals surface area contributed by atoms with Crippen LogP contribution in [0.25, 0.3) is 0 Å². The predicted molar refractivity (Wildman–Crippen MR) is 106 cm³/mol. The highest BCUT2D eigenvalue weighted by Gasteiger charge is 2.35. The summed E-state index contributed by atoms with van der Waals surface area (Å²) in [5.74, 6) is 1.23. The molecule has 27 heavy (non-hydrogen) atoms. The van der Waals surface area contributed by atoms with Crippen LogP contribution < -0.4 is 15.0 Å². The standard InChI is InChI=1S/C19H24ClN5O2/c1-24(2)10-13-11-25(19-21-7-4-8-22-19)12-16(13)23-18(26)15-6-5-14(20)9-17(15)27-3/h4-9,13,16H,10-12H2,1-3H3,(H,23,26)/t13-,16-/m1/s1. The topological polar surface area (TPSA) is 70.6 Å². The molecule has 1 aliphatic rings. The Bertz CT molecular complexity index is 787. The molecular formula is C19H24ClN5O2. The van der Waals surface area contributed by atoms with Crippen LogP contribution >= 0.6 is 11.6 Å². The highest BCUT2D eigenvalue weighted by molar-refractivity contribution is 6.30. The van der Waals surface area contributed by atoms with E-state index in [2.05, 4.69) is 25.1 Å². The molecule has 3 rings (SSSR count). The number of nitrogens with zero attached hydrogens (tertiary/aromatic N) is 4. The Balaban J connectivity index is 1.77. The summed E-state index contributed by atoms with van der Waals surface area (Å²) in [4.78, 5) is 25.8. The zero-order valence-corrected chi connectivity index (χ0v) is 16.5. The average Bonchev–Trinajstić information content (AvgIpc) is 3.04. The number of ether oxygens (including phenoxy) is 1. The zero-order chi connectivity index (χ0) is 19.4. The Labute approximate surface area is 164 Å². The van der Waals surface area contributed by atoms with Gasteiger partial charge in [-0.25, -0.2) is 9.97 Å². The lowest BCUT2D eigenvalue weighted by Gasteiger charge is -2.23. The summed E-state index contributed by atoms with van der Waals surface area (Å²) in [6, 6.07) is 6.79. The molecule has 0 radical (unpaired) electrons. The van der Waals surface area contributed by atoms with Gasteiger partial charge < -0.3 is 19.9 Å². The second-order valence-electron chi connectivity index (χ2n) is 6.90. The molecule has 0 bridgehead atoms. The van der Waals surface area contributed by atoms with Gasteiger partial charge in [0.1, 0.15) is 5.75 Å². The normalized spacial score (nSPS) is 19.4. The first-order valence-electron chi connectivity index (χ1n) is 8.79. The lowest BCUT2D eigenvalue weighted by Crippen LogP contribution is -2.43. The number of nitrogens with one attached hydrogen (secondary N) is 1. The number of benzene rings is 1. The van der Waals surface area contributed by atoms with E-state index in [9.17, 15) is 4.79 Å². The number of hydrogen-bond donors (Lipinski definition) is 1. The van der Waals surface area contributed by atoms with Crippen molar-refractivity contribution in [3.63, 3.8) is 0 Å². The van der Waals surface area contributed by atoms with E-state index in [1.165, 1.54) is 7.11 Å². The third kappa shape index (κ3) is 4.67. The number of carbonyl (C=O) groups is 1. The molecule has 1 aromatic heterocycles. The molecule has 0 spiro atoms. The van der Waals surface area contributed by atoms with Gasteiger partial charge in [-0.3, -0.25) is 4.79 Å². The SMILES string of the molecule is COc1cc(Cl)ccc1C(=O)N[C@@H]1CN(c2ncccn2)C[C@H]1CN(C)C. The molecule has 1 amide bonds. The van der Waals surface area contributed by atoms with Gasteiger partial charge >= 0.3 is 0 Å². The molecule has 0 aliphatic carbocycles. The minimum absolute atomic E-state index is 0.0240. The van der Waals surface area contributed by atoms with E-state index in [1.807, 2.05) is 14.1 Å². The largest absolute Gasteiger partial charge is 0.496 e. The van der Waals surface area contributed by atoms with Gasteiger partial charge in [-0.05, 0) is 38.4 Å². The van der Waals surface area contributed by atoms with Crippen LogP contribution in [0, 0.1) is 5.92 Å². The van der Waals surface area contributed by atoms with E-state index in [-0.39, 0.29) is 17.9 Å². The molecule has 1 fully saturated rings. The summed E-state index contributed by atoms with van der Waals surface area (Å²) in [5, 5.41) is 3.69. The molecule has 2 heterocycles. The van der Waals surface area contributed by atoms with Crippen molar-refractivity contribution in [1.82, 2.24) is 20.2 Å². The lowest BCUT2D eigenvalue weighted by molar-refractivity contribution is 0.0925. The van der Waals surface area contributed by atoms with Crippen molar-refractivity contribution in [2.24, 2.45) is 5.92 Å². The quantitative estimate of drug-likeness (QED) is 0.814. The Morgan fingerprint density at radius 1 is 1.33 bits per heavy atom. The second kappa shape index (κ2) is 8.54. The van der Waals surface area contributed by atoms with Crippen LogP contribution in [-0.2, 0) is 0 Å². The van der Waals surface area contributed by atoms with Crippen molar-refractivity contribution in [2.45, 2.75) is 6.04 Å². The van der Waals surface area contributed by atoms with Crippen molar-refractivity contribution in [2.75, 3.05) is 45.7 Å². The molecule has 2 aromatic rings. The Kier molecular flexibility index (Phi) is 6.13. The van der Waals surface area contributed by atoms with Crippen molar-refractivity contribution in [3.05, 3.63) is 47.2 Å². The molecule has 1 N–H and O–H groups in total. The highest BCUT2D eigenvalue weighted by atomic mass is 35.5. The van der Waals surface area contributed by atoms with Gasteiger partial charge in [0.25, 0.3) is 5.91 Å². The lowest BCUT2D eigenvalue weighted by atomic mass is 10.0. The van der Waals surface area contributed by atoms with E-state index in [0.29, 0.717) is 28.8 Å². The molecule has 1 saturated heterocycles. The minimum atomic E-state index is -0.173. The van der Waals surface area contributed by atoms with Crippen molar-refractivity contribution in [3.8, 4) is 5.75 Å². The number of methoxy groups -OCH3 is 1. The molecule has 0 saturated carbocycles. The number of hydrogen-bond acceptors (Lipinski definition) is 6. The Morgan fingerprint density at radius 2 is 2.07 bits per heavy atom. The summed E-state index contributed by atoms with van der Waals surface area (Å²) < 4.78 is 5.31. The maximum Gasteiger partial charge on any atom is 0.255 e. The van der Waals surface area contributed by atoms with E-state index in [0.717, 1.165) is 13.1 Å². The summed E-state index contributed by atoms with van der Waals surface area (Å²) in [6.45, 7) is 2.29. The predicted octanol–water partition coefficient (Wildman–Crippen LogP) is 1.94. The first-order valence-corrected chi connectivity index (χ1v) is 9.17. The van der Waals surface area contributed by atoms with Crippen LogP contribution in [0.4, 0.5) is 5.95 Å². The van der Waals surface area contributed by atoms with Gasteiger partial charge in [0.2, 0.25) is 5.95 Å². The smallest absolute Gasteiger partial charge is 0.255 e. The third-order valence-corrected chi connectivity index (χ3v) is 4.84. The molecule has 2 atom stereocenters. The van der Waals surface area contributed by atoms with Crippen LogP contribution in [0.15, 0.2) is 36.7 Å². The highest BCUT2D eigenvalue weighted by Crippen LogP contribution is 2.25. The summed E-state index contributed by atoms with van der Waals surface area (Å²) in [6.07, 6.45) is 3.46. The van der Waals surface area contributed by atoms with Crippen LogP contribution in [0.1, 0.15) is 10.4 Å². The van der Waals surface area contributed by atoms with Gasteiger partial charge in [-0.15, -0.1) is 0 Å². The van der Waals surface area contributed by atoms with Crippen molar-refractivity contribution < 1.29 is 9.53 Å². The van der Waals surface area contributed by atoms with E-state index < -0.39 is 0 Å². The molecule has 144 valence electrons. The minimum Gasteiger partial charge on any atom is -0.496 e.